The van der Waals surface area contributed by atoms with Crippen LogP contribution in [-0.4, -0.2) is 11.5 Å². The summed E-state index contributed by atoms with van der Waals surface area (Å²) >= 11 is 0. The van der Waals surface area contributed by atoms with Crippen LogP contribution < -0.4 is 5.73 Å². The lowest BCUT2D eigenvalue weighted by Gasteiger charge is -2.09. The molecule has 0 fully saturated rings. The van der Waals surface area contributed by atoms with Crippen LogP contribution in [0, 0.1) is 0 Å². The number of benzene rings is 1. The molecule has 0 aliphatic carbocycles. The zero-order valence-corrected chi connectivity index (χ0v) is 8.27. The van der Waals surface area contributed by atoms with Gasteiger partial charge in [-0.25, -0.2) is 0 Å². The monoisotopic (exact) mass is 186 g/mol. The Hall–Kier alpha value is -1.41. The standard InChI is InChI=1S/C12H14N2/c1-9(8-13)10-4-5-12-11(7-10)3-2-6-14-12/h2-7,9H,8,13H2,1H3. The average molecular weight is 186 g/mol. The number of rotatable bonds is 2. The van der Waals surface area contributed by atoms with Crippen LogP contribution in [-0.2, 0) is 0 Å². The minimum absolute atomic E-state index is 0.416. The average Bonchev–Trinajstić information content (AvgIpc) is 2.27. The van der Waals surface area contributed by atoms with Crippen molar-refractivity contribution in [1.29, 1.82) is 0 Å². The van der Waals surface area contributed by atoms with Crippen LogP contribution in [0.5, 0.6) is 0 Å². The third-order valence-corrected chi connectivity index (χ3v) is 2.55. The predicted octanol–water partition coefficient (Wildman–Crippen LogP) is 2.30. The van der Waals surface area contributed by atoms with Crippen LogP contribution in [0.25, 0.3) is 10.9 Å². The first-order chi connectivity index (χ1) is 6.81. The molecule has 1 aromatic carbocycles. The van der Waals surface area contributed by atoms with E-state index in [1.54, 1.807) is 0 Å². The highest BCUT2D eigenvalue weighted by molar-refractivity contribution is 5.79. The number of nitrogens with two attached hydrogens (primary N) is 1. The third-order valence-electron chi connectivity index (χ3n) is 2.55. The Morgan fingerprint density at radius 1 is 1.36 bits per heavy atom. The summed E-state index contributed by atoms with van der Waals surface area (Å²) in [7, 11) is 0. The molecule has 1 atom stereocenters. The van der Waals surface area contributed by atoms with Crippen molar-refractivity contribution in [3.8, 4) is 0 Å². The van der Waals surface area contributed by atoms with Crippen LogP contribution in [0.1, 0.15) is 18.4 Å². The molecule has 1 unspecified atom stereocenters. The molecule has 72 valence electrons. The van der Waals surface area contributed by atoms with Gasteiger partial charge in [0.05, 0.1) is 5.52 Å². The zero-order valence-electron chi connectivity index (χ0n) is 8.27. The normalized spacial score (nSPS) is 13.0. The van der Waals surface area contributed by atoms with Gasteiger partial charge in [0.25, 0.3) is 0 Å². The van der Waals surface area contributed by atoms with Crippen molar-refractivity contribution in [3.05, 3.63) is 42.1 Å². The van der Waals surface area contributed by atoms with Gasteiger partial charge < -0.3 is 5.73 Å². The fourth-order valence-corrected chi connectivity index (χ4v) is 1.54. The molecule has 2 heteroatoms. The van der Waals surface area contributed by atoms with Crippen LogP contribution in [0.4, 0.5) is 0 Å². The van der Waals surface area contributed by atoms with Crippen LogP contribution in [0.3, 0.4) is 0 Å². The molecule has 0 radical (unpaired) electrons. The largest absolute Gasteiger partial charge is 0.330 e. The molecule has 0 saturated carbocycles. The molecule has 1 heterocycles. The summed E-state index contributed by atoms with van der Waals surface area (Å²) in [5.41, 5.74) is 7.96. The number of nitrogens with zero attached hydrogens (tertiary/aromatic N) is 1. The van der Waals surface area contributed by atoms with Crippen molar-refractivity contribution in [3.63, 3.8) is 0 Å². The summed E-state index contributed by atoms with van der Waals surface area (Å²) in [5, 5.41) is 1.19. The molecule has 14 heavy (non-hydrogen) atoms. The number of hydrogen-bond acceptors (Lipinski definition) is 2. The third kappa shape index (κ3) is 1.61. The van der Waals surface area contributed by atoms with E-state index in [0.29, 0.717) is 12.5 Å². The zero-order chi connectivity index (χ0) is 9.97. The fourth-order valence-electron chi connectivity index (χ4n) is 1.54. The SMILES string of the molecule is CC(CN)c1ccc2ncccc2c1. The van der Waals surface area contributed by atoms with Gasteiger partial charge in [0.15, 0.2) is 0 Å². The van der Waals surface area contributed by atoms with Crippen molar-refractivity contribution in [2.24, 2.45) is 5.73 Å². The summed E-state index contributed by atoms with van der Waals surface area (Å²) < 4.78 is 0. The van der Waals surface area contributed by atoms with Crippen molar-refractivity contribution < 1.29 is 0 Å². The van der Waals surface area contributed by atoms with Crippen LogP contribution >= 0.6 is 0 Å². The van der Waals surface area contributed by atoms with E-state index in [-0.39, 0.29) is 0 Å². The maximum Gasteiger partial charge on any atom is 0.0702 e. The molecule has 0 saturated heterocycles. The lowest BCUT2D eigenvalue weighted by molar-refractivity contribution is 0.775. The van der Waals surface area contributed by atoms with Gasteiger partial charge in [0.2, 0.25) is 0 Å². The summed E-state index contributed by atoms with van der Waals surface area (Å²) in [6.07, 6.45) is 1.81. The Morgan fingerprint density at radius 3 is 3.00 bits per heavy atom. The van der Waals surface area contributed by atoms with Gasteiger partial charge in [0.1, 0.15) is 0 Å². The van der Waals surface area contributed by atoms with Crippen molar-refractivity contribution in [2.75, 3.05) is 6.54 Å². The van der Waals surface area contributed by atoms with E-state index in [1.807, 2.05) is 12.3 Å². The highest BCUT2D eigenvalue weighted by Gasteiger charge is 2.03. The Balaban J connectivity index is 2.51. The topological polar surface area (TPSA) is 38.9 Å². The van der Waals surface area contributed by atoms with Crippen molar-refractivity contribution in [2.45, 2.75) is 12.8 Å². The first-order valence-corrected chi connectivity index (χ1v) is 4.86. The first kappa shape index (κ1) is 9.16. The summed E-state index contributed by atoms with van der Waals surface area (Å²) in [6.45, 7) is 2.82. The Bertz CT molecular complexity index is 437. The van der Waals surface area contributed by atoms with Gasteiger partial charge in [-0.1, -0.05) is 19.1 Å². The highest BCUT2D eigenvalue weighted by atomic mass is 14.6. The highest BCUT2D eigenvalue weighted by Crippen LogP contribution is 2.19. The lowest BCUT2D eigenvalue weighted by Crippen LogP contribution is -2.08. The van der Waals surface area contributed by atoms with Crippen LogP contribution in [0.2, 0.25) is 0 Å². The maximum absolute atomic E-state index is 5.63. The van der Waals surface area contributed by atoms with Crippen LogP contribution in [0.15, 0.2) is 36.5 Å². The summed E-state index contributed by atoms with van der Waals surface area (Å²) in [5.74, 6) is 0.416. The Labute approximate surface area is 83.8 Å². The molecule has 0 bridgehead atoms. The number of pyridine rings is 1. The smallest absolute Gasteiger partial charge is 0.0702 e. The molecule has 0 amide bonds. The first-order valence-electron chi connectivity index (χ1n) is 4.86. The van der Waals surface area contributed by atoms with Crippen molar-refractivity contribution in [1.82, 2.24) is 4.98 Å². The second-order valence-electron chi connectivity index (χ2n) is 3.59. The lowest BCUT2D eigenvalue weighted by atomic mass is 10.00. The molecule has 0 spiro atoms. The molecule has 2 nitrogen and oxygen atoms in total. The molecule has 1 aromatic heterocycles. The molecule has 2 N–H and O–H groups in total. The van der Waals surface area contributed by atoms with E-state index in [1.165, 1.54) is 10.9 Å². The summed E-state index contributed by atoms with van der Waals surface area (Å²) in [4.78, 5) is 4.28. The molecular weight excluding hydrogens is 172 g/mol. The second-order valence-corrected chi connectivity index (χ2v) is 3.59. The Morgan fingerprint density at radius 2 is 2.21 bits per heavy atom. The minimum atomic E-state index is 0.416. The van der Waals surface area contributed by atoms with E-state index in [0.717, 1.165) is 5.52 Å². The quantitative estimate of drug-likeness (QED) is 0.781. The number of fused-ring (bicyclic) bond motifs is 1. The van der Waals surface area contributed by atoms with E-state index in [2.05, 4.69) is 36.2 Å². The Kier molecular flexibility index (Phi) is 2.46. The number of hydrogen-bond donors (Lipinski definition) is 1. The van der Waals surface area contributed by atoms with E-state index in [4.69, 9.17) is 5.73 Å². The molecule has 0 aliphatic heterocycles. The maximum atomic E-state index is 5.63. The minimum Gasteiger partial charge on any atom is -0.330 e. The fraction of sp³-hybridized carbons (Fsp3) is 0.250. The van der Waals surface area contributed by atoms with Gasteiger partial charge in [-0.2, -0.15) is 0 Å². The molecule has 2 rings (SSSR count). The molecular formula is C12H14N2. The second kappa shape index (κ2) is 3.76. The van der Waals surface area contributed by atoms with Gasteiger partial charge >= 0.3 is 0 Å². The molecule has 0 aliphatic rings. The van der Waals surface area contributed by atoms with E-state index in [9.17, 15) is 0 Å². The van der Waals surface area contributed by atoms with E-state index >= 15 is 0 Å². The summed E-state index contributed by atoms with van der Waals surface area (Å²) in [6, 6.07) is 10.4. The van der Waals surface area contributed by atoms with Gasteiger partial charge in [-0.15, -0.1) is 0 Å². The van der Waals surface area contributed by atoms with Crippen molar-refractivity contribution >= 4 is 10.9 Å². The number of aromatic nitrogens is 1. The van der Waals surface area contributed by atoms with Gasteiger partial charge in [-0.05, 0) is 36.2 Å². The van der Waals surface area contributed by atoms with E-state index < -0.39 is 0 Å². The van der Waals surface area contributed by atoms with Gasteiger partial charge in [-0.3, -0.25) is 4.98 Å². The molecule has 2 aromatic rings. The van der Waals surface area contributed by atoms with Gasteiger partial charge in [0, 0.05) is 11.6 Å². The predicted molar refractivity (Wildman–Crippen MR) is 59.2 cm³/mol.